The first-order valence-corrected chi connectivity index (χ1v) is 6.80. The SMILES string of the molecule is CC(C)c1ccc(-c2cnc(C(N)C(C)C)o2)cc1. The van der Waals surface area contributed by atoms with Crippen molar-refractivity contribution >= 4 is 0 Å². The topological polar surface area (TPSA) is 52.0 Å². The van der Waals surface area contributed by atoms with Gasteiger partial charge in [-0.3, -0.25) is 0 Å². The Bertz CT molecular complexity index is 526. The lowest BCUT2D eigenvalue weighted by Crippen LogP contribution is -2.16. The minimum Gasteiger partial charge on any atom is -0.439 e. The summed E-state index contributed by atoms with van der Waals surface area (Å²) in [5, 5.41) is 0. The summed E-state index contributed by atoms with van der Waals surface area (Å²) in [6.45, 7) is 8.49. The van der Waals surface area contributed by atoms with Crippen molar-refractivity contribution in [2.75, 3.05) is 0 Å². The Balaban J connectivity index is 2.23. The van der Waals surface area contributed by atoms with E-state index >= 15 is 0 Å². The van der Waals surface area contributed by atoms with Crippen LogP contribution < -0.4 is 5.73 Å². The summed E-state index contributed by atoms with van der Waals surface area (Å²) in [6.07, 6.45) is 1.75. The van der Waals surface area contributed by atoms with Gasteiger partial charge in [-0.25, -0.2) is 4.98 Å². The highest BCUT2D eigenvalue weighted by atomic mass is 16.4. The van der Waals surface area contributed by atoms with Gasteiger partial charge in [0.25, 0.3) is 0 Å². The minimum atomic E-state index is -0.149. The van der Waals surface area contributed by atoms with Crippen molar-refractivity contribution in [3.63, 3.8) is 0 Å². The fraction of sp³-hybridized carbons (Fsp3) is 0.438. The van der Waals surface area contributed by atoms with Crippen LogP contribution in [0.4, 0.5) is 0 Å². The zero-order valence-electron chi connectivity index (χ0n) is 12.1. The van der Waals surface area contributed by atoms with Crippen LogP contribution in [0.3, 0.4) is 0 Å². The van der Waals surface area contributed by atoms with Crippen LogP contribution in [0.15, 0.2) is 34.9 Å². The number of hydrogen-bond donors (Lipinski definition) is 1. The van der Waals surface area contributed by atoms with Crippen molar-refractivity contribution in [1.29, 1.82) is 0 Å². The van der Waals surface area contributed by atoms with Crippen molar-refractivity contribution in [3.05, 3.63) is 41.9 Å². The van der Waals surface area contributed by atoms with E-state index in [1.165, 1.54) is 5.56 Å². The molecule has 0 radical (unpaired) electrons. The molecule has 0 spiro atoms. The molecule has 1 aromatic heterocycles. The summed E-state index contributed by atoms with van der Waals surface area (Å²) in [7, 11) is 0. The van der Waals surface area contributed by atoms with E-state index in [-0.39, 0.29) is 6.04 Å². The van der Waals surface area contributed by atoms with E-state index in [1.807, 2.05) is 0 Å². The molecule has 102 valence electrons. The number of nitrogens with zero attached hydrogens (tertiary/aromatic N) is 1. The number of oxazole rings is 1. The van der Waals surface area contributed by atoms with Gasteiger partial charge in [-0.15, -0.1) is 0 Å². The Kier molecular flexibility index (Phi) is 4.05. The molecule has 1 heterocycles. The number of nitrogens with two attached hydrogens (primary N) is 1. The average molecular weight is 258 g/mol. The highest BCUT2D eigenvalue weighted by Gasteiger charge is 2.17. The standard InChI is InChI=1S/C16H22N2O/c1-10(2)12-5-7-13(8-6-12)14-9-18-16(19-14)15(17)11(3)4/h5-11,15H,17H2,1-4H3. The lowest BCUT2D eigenvalue weighted by molar-refractivity contribution is 0.394. The van der Waals surface area contributed by atoms with Gasteiger partial charge in [-0.2, -0.15) is 0 Å². The van der Waals surface area contributed by atoms with Crippen molar-refractivity contribution in [2.24, 2.45) is 11.7 Å². The van der Waals surface area contributed by atoms with Crippen LogP contribution in [-0.4, -0.2) is 4.98 Å². The number of benzene rings is 1. The van der Waals surface area contributed by atoms with Gasteiger partial charge in [0.1, 0.15) is 0 Å². The summed E-state index contributed by atoms with van der Waals surface area (Å²) in [6, 6.07) is 8.25. The smallest absolute Gasteiger partial charge is 0.212 e. The third-order valence-corrected chi connectivity index (χ3v) is 3.39. The van der Waals surface area contributed by atoms with E-state index in [4.69, 9.17) is 10.2 Å². The molecule has 0 bridgehead atoms. The molecule has 0 aliphatic rings. The Morgan fingerprint density at radius 2 is 1.68 bits per heavy atom. The molecule has 2 N–H and O–H groups in total. The van der Waals surface area contributed by atoms with Gasteiger partial charge in [0, 0.05) is 5.56 Å². The Labute approximate surface area is 114 Å². The monoisotopic (exact) mass is 258 g/mol. The van der Waals surface area contributed by atoms with Crippen LogP contribution in [-0.2, 0) is 0 Å². The molecular weight excluding hydrogens is 236 g/mol. The summed E-state index contributed by atoms with van der Waals surface area (Å²) < 4.78 is 5.76. The summed E-state index contributed by atoms with van der Waals surface area (Å²) >= 11 is 0. The molecule has 1 unspecified atom stereocenters. The van der Waals surface area contributed by atoms with E-state index in [0.717, 1.165) is 11.3 Å². The maximum atomic E-state index is 6.04. The predicted octanol–water partition coefficient (Wildman–Crippen LogP) is 4.12. The molecule has 0 fully saturated rings. The maximum Gasteiger partial charge on any atom is 0.212 e. The predicted molar refractivity (Wildman–Crippen MR) is 77.8 cm³/mol. The maximum absolute atomic E-state index is 6.04. The second kappa shape index (κ2) is 5.57. The number of aromatic nitrogens is 1. The summed E-state index contributed by atoms with van der Waals surface area (Å²) in [5.74, 6) is 2.24. The van der Waals surface area contributed by atoms with Crippen LogP contribution in [0.1, 0.15) is 51.1 Å². The molecule has 0 aliphatic carbocycles. The van der Waals surface area contributed by atoms with Gasteiger partial charge in [0.2, 0.25) is 5.89 Å². The largest absolute Gasteiger partial charge is 0.439 e. The Morgan fingerprint density at radius 1 is 1.05 bits per heavy atom. The molecule has 2 aromatic rings. The molecule has 3 nitrogen and oxygen atoms in total. The van der Waals surface area contributed by atoms with Gasteiger partial charge in [-0.05, 0) is 17.4 Å². The number of hydrogen-bond acceptors (Lipinski definition) is 3. The lowest BCUT2D eigenvalue weighted by Gasteiger charge is -2.10. The summed E-state index contributed by atoms with van der Waals surface area (Å²) in [5.41, 5.74) is 8.40. The first-order chi connectivity index (χ1) is 8.99. The zero-order valence-corrected chi connectivity index (χ0v) is 12.1. The van der Waals surface area contributed by atoms with Crippen molar-refractivity contribution in [2.45, 2.75) is 39.7 Å². The molecule has 0 amide bonds. The molecule has 0 aliphatic heterocycles. The summed E-state index contributed by atoms with van der Waals surface area (Å²) in [4.78, 5) is 4.28. The molecule has 19 heavy (non-hydrogen) atoms. The van der Waals surface area contributed by atoms with Crippen molar-refractivity contribution in [1.82, 2.24) is 4.98 Å². The molecular formula is C16H22N2O. The van der Waals surface area contributed by atoms with Crippen LogP contribution in [0.25, 0.3) is 11.3 Å². The van der Waals surface area contributed by atoms with Gasteiger partial charge in [-0.1, -0.05) is 52.0 Å². The zero-order chi connectivity index (χ0) is 14.0. The second-order valence-corrected chi connectivity index (χ2v) is 5.61. The molecule has 3 heteroatoms. The first-order valence-electron chi connectivity index (χ1n) is 6.80. The van der Waals surface area contributed by atoms with Gasteiger partial charge >= 0.3 is 0 Å². The fourth-order valence-corrected chi connectivity index (χ4v) is 1.89. The molecule has 0 saturated heterocycles. The van der Waals surface area contributed by atoms with Crippen LogP contribution in [0.2, 0.25) is 0 Å². The normalized spacial score (nSPS) is 13.2. The average Bonchev–Trinajstić information content (AvgIpc) is 2.87. The fourth-order valence-electron chi connectivity index (χ4n) is 1.89. The van der Waals surface area contributed by atoms with Crippen LogP contribution >= 0.6 is 0 Å². The van der Waals surface area contributed by atoms with Crippen molar-refractivity contribution in [3.8, 4) is 11.3 Å². The first kappa shape index (κ1) is 13.8. The highest BCUT2D eigenvalue weighted by Crippen LogP contribution is 2.26. The Hall–Kier alpha value is -1.61. The van der Waals surface area contributed by atoms with Crippen molar-refractivity contribution < 1.29 is 4.42 Å². The van der Waals surface area contributed by atoms with Crippen LogP contribution in [0.5, 0.6) is 0 Å². The second-order valence-electron chi connectivity index (χ2n) is 5.61. The molecule has 1 aromatic carbocycles. The Morgan fingerprint density at radius 3 is 2.21 bits per heavy atom. The van der Waals surface area contributed by atoms with E-state index in [2.05, 4.69) is 56.9 Å². The van der Waals surface area contributed by atoms with E-state index in [9.17, 15) is 0 Å². The molecule has 0 saturated carbocycles. The quantitative estimate of drug-likeness (QED) is 0.897. The minimum absolute atomic E-state index is 0.149. The molecule has 1 atom stereocenters. The highest BCUT2D eigenvalue weighted by molar-refractivity contribution is 5.56. The third kappa shape index (κ3) is 3.04. The van der Waals surface area contributed by atoms with E-state index < -0.39 is 0 Å². The van der Waals surface area contributed by atoms with Gasteiger partial charge < -0.3 is 10.2 Å². The van der Waals surface area contributed by atoms with E-state index in [1.54, 1.807) is 6.20 Å². The van der Waals surface area contributed by atoms with Gasteiger partial charge in [0.05, 0.1) is 12.2 Å². The third-order valence-electron chi connectivity index (χ3n) is 3.39. The van der Waals surface area contributed by atoms with Gasteiger partial charge in [0.15, 0.2) is 5.76 Å². The van der Waals surface area contributed by atoms with E-state index in [0.29, 0.717) is 17.7 Å². The van der Waals surface area contributed by atoms with Crippen LogP contribution in [0, 0.1) is 5.92 Å². The lowest BCUT2D eigenvalue weighted by atomic mass is 10.0. The molecule has 2 rings (SSSR count). The number of rotatable bonds is 4.